The molecule has 0 bridgehead atoms. The summed E-state index contributed by atoms with van der Waals surface area (Å²) >= 11 is 2.03. The van der Waals surface area contributed by atoms with Crippen LogP contribution in [0.2, 0.25) is 0 Å². The number of rotatable bonds is 5. The van der Waals surface area contributed by atoms with Crippen molar-refractivity contribution in [3.63, 3.8) is 0 Å². The van der Waals surface area contributed by atoms with Gasteiger partial charge in [0.15, 0.2) is 0 Å². The highest BCUT2D eigenvalue weighted by molar-refractivity contribution is 14.2. The second-order valence-corrected chi connectivity index (χ2v) is 4.75. The van der Waals surface area contributed by atoms with E-state index in [2.05, 4.69) is 9.68 Å². The SMILES string of the molecule is O=C(O)CCc1cccc(OSI)c1.c1cnoc1. The molecule has 1 aromatic heterocycles. The Morgan fingerprint density at radius 1 is 1.47 bits per heavy atom. The molecule has 0 saturated heterocycles. The molecule has 0 unspecified atom stereocenters. The van der Waals surface area contributed by atoms with Crippen molar-refractivity contribution in [1.82, 2.24) is 5.16 Å². The minimum atomic E-state index is -0.778. The average Bonchev–Trinajstić information content (AvgIpc) is 2.96. The summed E-state index contributed by atoms with van der Waals surface area (Å²) in [6.07, 6.45) is 3.79. The second kappa shape index (κ2) is 9.68. The predicted octanol–water partition coefficient (Wildman–Crippen LogP) is 3.76. The minimum Gasteiger partial charge on any atom is -0.481 e. The van der Waals surface area contributed by atoms with Gasteiger partial charge in [0, 0.05) is 27.6 Å². The number of carboxylic acid groups (broad SMARTS) is 1. The summed E-state index contributed by atoms with van der Waals surface area (Å²) in [4.78, 5) is 10.3. The first kappa shape index (κ1) is 15.8. The molecule has 2 aromatic rings. The summed E-state index contributed by atoms with van der Waals surface area (Å²) in [7, 11) is 1.24. The van der Waals surface area contributed by atoms with E-state index in [1.165, 1.54) is 15.5 Å². The summed E-state index contributed by atoms with van der Waals surface area (Å²) in [5.74, 6) is -0.0214. The van der Waals surface area contributed by atoms with Crippen molar-refractivity contribution >= 4 is 36.4 Å². The Hall–Kier alpha value is -1.22. The molecule has 102 valence electrons. The largest absolute Gasteiger partial charge is 0.481 e. The number of nitrogens with zero attached hydrogens (tertiary/aromatic N) is 1. The van der Waals surface area contributed by atoms with E-state index in [-0.39, 0.29) is 6.42 Å². The number of hydrogen-bond acceptors (Lipinski definition) is 5. The molecule has 0 aliphatic rings. The normalized spacial score (nSPS) is 9.32. The molecule has 0 atom stereocenters. The Morgan fingerprint density at radius 2 is 2.32 bits per heavy atom. The van der Waals surface area contributed by atoms with Crippen molar-refractivity contribution in [2.24, 2.45) is 0 Å². The van der Waals surface area contributed by atoms with Crippen molar-refractivity contribution in [2.75, 3.05) is 0 Å². The highest BCUT2D eigenvalue weighted by Crippen LogP contribution is 2.22. The van der Waals surface area contributed by atoms with Gasteiger partial charge in [-0.25, -0.2) is 0 Å². The number of aryl methyl sites for hydroxylation is 1. The van der Waals surface area contributed by atoms with Gasteiger partial charge in [-0.15, -0.1) is 0 Å². The lowest BCUT2D eigenvalue weighted by Gasteiger charge is -2.02. The molecule has 7 heteroatoms. The van der Waals surface area contributed by atoms with Gasteiger partial charge in [0.05, 0.1) is 6.20 Å². The highest BCUT2D eigenvalue weighted by atomic mass is 127. The van der Waals surface area contributed by atoms with Crippen molar-refractivity contribution in [3.05, 3.63) is 48.4 Å². The fourth-order valence-corrected chi connectivity index (χ4v) is 2.02. The van der Waals surface area contributed by atoms with Gasteiger partial charge in [-0.2, -0.15) is 0 Å². The summed E-state index contributed by atoms with van der Waals surface area (Å²) in [5.41, 5.74) is 0.982. The van der Waals surface area contributed by atoms with E-state index in [1.807, 2.05) is 45.5 Å². The van der Waals surface area contributed by atoms with E-state index in [0.29, 0.717) is 6.42 Å². The van der Waals surface area contributed by atoms with Crippen LogP contribution in [0.3, 0.4) is 0 Å². The lowest BCUT2D eigenvalue weighted by molar-refractivity contribution is -0.136. The maximum atomic E-state index is 10.3. The van der Waals surface area contributed by atoms with Crippen LogP contribution in [0.1, 0.15) is 12.0 Å². The van der Waals surface area contributed by atoms with Crippen LogP contribution in [0.15, 0.2) is 47.3 Å². The molecule has 0 aliphatic heterocycles. The second-order valence-electron chi connectivity index (χ2n) is 3.38. The predicted molar refractivity (Wildman–Crippen MR) is 81.1 cm³/mol. The summed E-state index contributed by atoms with van der Waals surface area (Å²) in [5, 5.41) is 11.9. The van der Waals surface area contributed by atoms with Crippen LogP contribution in [-0.2, 0) is 11.2 Å². The number of benzene rings is 1. The summed E-state index contributed by atoms with van der Waals surface area (Å²) < 4.78 is 9.54. The van der Waals surface area contributed by atoms with Gasteiger partial charge in [-0.1, -0.05) is 17.3 Å². The first-order valence-corrected chi connectivity index (χ1v) is 8.61. The van der Waals surface area contributed by atoms with Crippen molar-refractivity contribution in [1.29, 1.82) is 0 Å². The molecule has 1 heterocycles. The smallest absolute Gasteiger partial charge is 0.303 e. The lowest BCUT2D eigenvalue weighted by atomic mass is 10.1. The quantitative estimate of drug-likeness (QED) is 0.616. The Bertz CT molecular complexity index is 461. The maximum Gasteiger partial charge on any atom is 0.303 e. The number of aliphatic carboxylic acids is 1. The average molecular weight is 393 g/mol. The molecule has 19 heavy (non-hydrogen) atoms. The lowest BCUT2D eigenvalue weighted by Crippen LogP contribution is -1.97. The van der Waals surface area contributed by atoms with Crippen molar-refractivity contribution < 1.29 is 18.6 Å². The Balaban J connectivity index is 0.000000300. The van der Waals surface area contributed by atoms with Gasteiger partial charge >= 0.3 is 5.97 Å². The van der Waals surface area contributed by atoms with Crippen LogP contribution in [0, 0.1) is 0 Å². The van der Waals surface area contributed by atoms with Gasteiger partial charge in [-0.05, 0) is 30.2 Å². The zero-order valence-electron chi connectivity index (χ0n) is 9.86. The zero-order valence-corrected chi connectivity index (χ0v) is 12.8. The standard InChI is InChI=1S/C9H9IO3S.C3H3NO/c10-14-13-8-3-1-2-7(6-8)4-5-9(11)12;1-2-4-5-3-1/h1-3,6H,4-5H2,(H,11,12);1-3H. The van der Waals surface area contributed by atoms with Crippen LogP contribution in [0.4, 0.5) is 0 Å². The summed E-state index contributed by atoms with van der Waals surface area (Å²) in [6.45, 7) is 0. The third kappa shape index (κ3) is 7.73. The minimum absolute atomic E-state index is 0.154. The first-order valence-electron chi connectivity index (χ1n) is 5.32. The molecule has 0 fully saturated rings. The molecular formula is C12H12INO4S. The van der Waals surface area contributed by atoms with E-state index in [1.54, 1.807) is 12.3 Å². The fourth-order valence-electron chi connectivity index (χ4n) is 1.22. The number of carbonyl (C=O) groups is 1. The molecule has 5 nitrogen and oxygen atoms in total. The van der Waals surface area contributed by atoms with E-state index in [0.717, 1.165) is 11.3 Å². The van der Waals surface area contributed by atoms with Crippen LogP contribution < -0.4 is 4.18 Å². The zero-order chi connectivity index (χ0) is 13.9. The maximum absolute atomic E-state index is 10.3. The number of halogens is 1. The van der Waals surface area contributed by atoms with Gasteiger partial charge in [0.25, 0.3) is 0 Å². The number of carboxylic acids is 1. The van der Waals surface area contributed by atoms with Crippen molar-refractivity contribution in [3.8, 4) is 5.75 Å². The van der Waals surface area contributed by atoms with Gasteiger partial charge < -0.3 is 13.8 Å². The Kier molecular flexibility index (Phi) is 8.07. The number of hydrogen-bond donors (Lipinski definition) is 1. The molecule has 0 amide bonds. The van der Waals surface area contributed by atoms with Crippen LogP contribution in [0.5, 0.6) is 5.75 Å². The molecule has 1 N–H and O–H groups in total. The van der Waals surface area contributed by atoms with Crippen molar-refractivity contribution in [2.45, 2.75) is 12.8 Å². The molecule has 0 saturated carbocycles. The van der Waals surface area contributed by atoms with E-state index < -0.39 is 5.97 Å². The Labute approximate surface area is 127 Å². The molecule has 0 spiro atoms. The number of aromatic nitrogens is 1. The molecule has 0 aliphatic carbocycles. The third-order valence-corrected chi connectivity index (χ3v) is 2.80. The van der Waals surface area contributed by atoms with Crippen LogP contribution in [0.25, 0.3) is 0 Å². The van der Waals surface area contributed by atoms with E-state index >= 15 is 0 Å². The summed E-state index contributed by atoms with van der Waals surface area (Å²) in [6, 6.07) is 9.18. The molecule has 1 aromatic carbocycles. The fraction of sp³-hybridized carbons (Fsp3) is 0.167. The molecule has 0 radical (unpaired) electrons. The third-order valence-electron chi connectivity index (χ3n) is 2.00. The molecule has 2 rings (SSSR count). The van der Waals surface area contributed by atoms with Gasteiger partial charge in [0.2, 0.25) is 0 Å². The Morgan fingerprint density at radius 3 is 2.84 bits per heavy atom. The first-order chi connectivity index (χ1) is 9.22. The molecular weight excluding hydrogens is 381 g/mol. The van der Waals surface area contributed by atoms with E-state index in [4.69, 9.17) is 9.29 Å². The highest BCUT2D eigenvalue weighted by Gasteiger charge is 2.00. The van der Waals surface area contributed by atoms with Gasteiger partial charge in [0.1, 0.15) is 21.2 Å². The van der Waals surface area contributed by atoms with E-state index in [9.17, 15) is 4.79 Å². The van der Waals surface area contributed by atoms with Gasteiger partial charge in [-0.3, -0.25) is 4.79 Å². The van der Waals surface area contributed by atoms with Crippen LogP contribution in [-0.4, -0.2) is 16.2 Å². The topological polar surface area (TPSA) is 72.6 Å². The monoisotopic (exact) mass is 393 g/mol. The van der Waals surface area contributed by atoms with Crippen LogP contribution >= 0.6 is 30.4 Å².